The summed E-state index contributed by atoms with van der Waals surface area (Å²) in [5.41, 5.74) is 4.38. The first kappa shape index (κ1) is 27.4. The Bertz CT molecular complexity index is 1270. The molecule has 0 radical (unpaired) electrons. The predicted molar refractivity (Wildman–Crippen MR) is 148 cm³/mol. The maximum Gasteiger partial charge on any atom is 0.410 e. The summed E-state index contributed by atoms with van der Waals surface area (Å²) in [5.74, 6) is -0.369. The van der Waals surface area contributed by atoms with E-state index in [9.17, 15) is 9.59 Å². The van der Waals surface area contributed by atoms with Gasteiger partial charge in [-0.1, -0.05) is 60.7 Å². The lowest BCUT2D eigenvalue weighted by molar-refractivity contribution is -0.0992. The highest BCUT2D eigenvalue weighted by Crippen LogP contribution is 2.38. The molecule has 6 heteroatoms. The molecule has 4 rings (SSSR count). The fourth-order valence-corrected chi connectivity index (χ4v) is 4.92. The highest BCUT2D eigenvalue weighted by Gasteiger charge is 2.39. The molecule has 1 aliphatic rings. The Morgan fingerprint density at radius 1 is 0.895 bits per heavy atom. The first-order valence-corrected chi connectivity index (χ1v) is 13.1. The Balaban J connectivity index is 1.59. The molecule has 0 aromatic heterocycles. The van der Waals surface area contributed by atoms with E-state index >= 15 is 0 Å². The third kappa shape index (κ3) is 6.25. The van der Waals surface area contributed by atoms with Gasteiger partial charge in [-0.15, -0.1) is 0 Å². The Kier molecular flexibility index (Phi) is 8.22. The topological polar surface area (TPSA) is 65.1 Å². The highest BCUT2D eigenvalue weighted by atomic mass is 16.6. The molecule has 200 valence electrons. The molecule has 1 fully saturated rings. The van der Waals surface area contributed by atoms with Crippen molar-refractivity contribution >= 4 is 12.1 Å². The zero-order valence-corrected chi connectivity index (χ0v) is 23.0. The second kappa shape index (κ2) is 11.4. The van der Waals surface area contributed by atoms with Crippen molar-refractivity contribution in [1.82, 2.24) is 4.90 Å². The molecule has 1 saturated heterocycles. The summed E-state index contributed by atoms with van der Waals surface area (Å²) < 4.78 is 17.4. The number of aryl methyl sites for hydroxylation is 1. The number of amides is 1. The molecule has 0 bridgehead atoms. The SMILES string of the molecule is COC(=O)c1ccc(COC2(c3ccccc3)CCN(C(=O)OC(C)(C)C)CC2)cc1-c1ccccc1C. The largest absolute Gasteiger partial charge is 0.465 e. The van der Waals surface area contributed by atoms with E-state index in [0.717, 1.165) is 27.8 Å². The maximum absolute atomic E-state index is 12.7. The lowest BCUT2D eigenvalue weighted by Gasteiger charge is -2.42. The summed E-state index contributed by atoms with van der Waals surface area (Å²) in [6.45, 7) is 9.11. The van der Waals surface area contributed by atoms with E-state index in [0.29, 0.717) is 38.1 Å². The van der Waals surface area contributed by atoms with Crippen LogP contribution < -0.4 is 0 Å². The highest BCUT2D eigenvalue weighted by molar-refractivity contribution is 5.97. The van der Waals surface area contributed by atoms with E-state index in [2.05, 4.69) is 12.1 Å². The molecule has 3 aromatic rings. The quantitative estimate of drug-likeness (QED) is 0.335. The molecule has 1 amide bonds. The van der Waals surface area contributed by atoms with Crippen molar-refractivity contribution in [3.8, 4) is 11.1 Å². The zero-order chi connectivity index (χ0) is 27.3. The van der Waals surface area contributed by atoms with Crippen LogP contribution in [-0.4, -0.2) is 42.8 Å². The summed E-state index contributed by atoms with van der Waals surface area (Å²) in [6.07, 6.45) is 1.02. The maximum atomic E-state index is 12.7. The van der Waals surface area contributed by atoms with Crippen molar-refractivity contribution in [3.05, 3.63) is 95.1 Å². The number of nitrogens with zero attached hydrogens (tertiary/aromatic N) is 1. The number of ether oxygens (including phenoxy) is 3. The molecule has 0 spiro atoms. The fraction of sp³-hybridized carbons (Fsp3) is 0.375. The molecule has 38 heavy (non-hydrogen) atoms. The molecular weight excluding hydrogens is 478 g/mol. The minimum atomic E-state index is -0.538. The minimum absolute atomic E-state index is 0.291. The number of benzene rings is 3. The van der Waals surface area contributed by atoms with Crippen molar-refractivity contribution < 1.29 is 23.8 Å². The van der Waals surface area contributed by atoms with Gasteiger partial charge in [0.1, 0.15) is 5.60 Å². The molecule has 3 aromatic carbocycles. The predicted octanol–water partition coefficient (Wildman–Crippen LogP) is 6.89. The second-order valence-electron chi connectivity index (χ2n) is 10.8. The average molecular weight is 516 g/mol. The van der Waals surface area contributed by atoms with Gasteiger partial charge in [0.2, 0.25) is 0 Å². The van der Waals surface area contributed by atoms with Crippen LogP contribution in [0.4, 0.5) is 4.79 Å². The third-order valence-corrected chi connectivity index (χ3v) is 6.96. The van der Waals surface area contributed by atoms with Crippen LogP contribution in [0.2, 0.25) is 0 Å². The molecule has 0 atom stereocenters. The lowest BCUT2D eigenvalue weighted by atomic mass is 9.84. The number of carbonyl (C=O) groups excluding carboxylic acids is 2. The number of methoxy groups -OCH3 is 1. The van der Waals surface area contributed by atoms with Crippen molar-refractivity contribution in [2.45, 2.75) is 58.3 Å². The summed E-state index contributed by atoms with van der Waals surface area (Å²) in [7, 11) is 1.40. The van der Waals surface area contributed by atoms with Crippen molar-refractivity contribution in [2.75, 3.05) is 20.2 Å². The number of hydrogen-bond donors (Lipinski definition) is 0. The summed E-state index contributed by atoms with van der Waals surface area (Å²) in [6, 6.07) is 23.9. The number of esters is 1. The standard InChI is InChI=1S/C32H37NO5/c1-23-11-9-10-14-26(23)28-21-24(15-16-27(28)29(34)36-5)22-37-32(25-12-7-6-8-13-25)17-19-33(20-18-32)30(35)38-31(2,3)4/h6-16,21H,17-20,22H2,1-5H3. The van der Waals surface area contributed by atoms with Crippen LogP contribution in [0.1, 0.15) is 60.7 Å². The van der Waals surface area contributed by atoms with Crippen LogP contribution in [0.15, 0.2) is 72.8 Å². The van der Waals surface area contributed by atoms with Gasteiger partial charge in [0.25, 0.3) is 0 Å². The van der Waals surface area contributed by atoms with Gasteiger partial charge in [-0.3, -0.25) is 0 Å². The Hall–Kier alpha value is -3.64. The molecule has 0 saturated carbocycles. The number of hydrogen-bond acceptors (Lipinski definition) is 5. The monoisotopic (exact) mass is 515 g/mol. The van der Waals surface area contributed by atoms with Gasteiger partial charge in [-0.05, 0) is 80.5 Å². The van der Waals surface area contributed by atoms with Gasteiger partial charge in [-0.25, -0.2) is 9.59 Å². The van der Waals surface area contributed by atoms with Gasteiger partial charge < -0.3 is 19.1 Å². The molecule has 6 nitrogen and oxygen atoms in total. The van der Waals surface area contributed by atoms with Gasteiger partial charge >= 0.3 is 12.1 Å². The fourth-order valence-electron chi connectivity index (χ4n) is 4.92. The van der Waals surface area contributed by atoms with Crippen LogP contribution in [-0.2, 0) is 26.4 Å². The molecule has 0 unspecified atom stereocenters. The molecule has 0 aliphatic carbocycles. The van der Waals surface area contributed by atoms with E-state index in [1.165, 1.54) is 7.11 Å². The molecule has 1 heterocycles. The van der Waals surface area contributed by atoms with Crippen LogP contribution >= 0.6 is 0 Å². The minimum Gasteiger partial charge on any atom is -0.465 e. The van der Waals surface area contributed by atoms with Gasteiger partial charge in [0.15, 0.2) is 0 Å². The van der Waals surface area contributed by atoms with Gasteiger partial charge in [-0.2, -0.15) is 0 Å². The van der Waals surface area contributed by atoms with E-state index in [4.69, 9.17) is 14.2 Å². The smallest absolute Gasteiger partial charge is 0.410 e. The Morgan fingerprint density at radius 3 is 2.18 bits per heavy atom. The van der Waals surface area contributed by atoms with Crippen LogP contribution in [0, 0.1) is 6.92 Å². The lowest BCUT2D eigenvalue weighted by Crippen LogP contribution is -2.47. The Labute approximate surface area is 225 Å². The van der Waals surface area contributed by atoms with Crippen molar-refractivity contribution in [2.24, 2.45) is 0 Å². The van der Waals surface area contributed by atoms with Crippen LogP contribution in [0.25, 0.3) is 11.1 Å². The van der Waals surface area contributed by atoms with E-state index in [-0.39, 0.29) is 12.1 Å². The van der Waals surface area contributed by atoms with Gasteiger partial charge in [0.05, 0.1) is 24.9 Å². The molecule has 0 N–H and O–H groups in total. The summed E-state index contributed by atoms with van der Waals surface area (Å²) in [5, 5.41) is 0. The van der Waals surface area contributed by atoms with Gasteiger partial charge in [0, 0.05) is 13.1 Å². The summed E-state index contributed by atoms with van der Waals surface area (Å²) >= 11 is 0. The molecule has 1 aliphatic heterocycles. The second-order valence-corrected chi connectivity index (χ2v) is 10.8. The third-order valence-electron chi connectivity index (χ3n) is 6.96. The number of likely N-dealkylation sites (tertiary alicyclic amines) is 1. The van der Waals surface area contributed by atoms with Crippen LogP contribution in [0.3, 0.4) is 0 Å². The van der Waals surface area contributed by atoms with E-state index < -0.39 is 11.2 Å². The van der Waals surface area contributed by atoms with E-state index in [1.54, 1.807) is 4.90 Å². The zero-order valence-electron chi connectivity index (χ0n) is 23.0. The number of carbonyl (C=O) groups is 2. The van der Waals surface area contributed by atoms with Crippen molar-refractivity contribution in [1.29, 1.82) is 0 Å². The number of piperidine rings is 1. The van der Waals surface area contributed by atoms with Crippen LogP contribution in [0.5, 0.6) is 0 Å². The normalized spacial score (nSPS) is 15.1. The van der Waals surface area contributed by atoms with E-state index in [1.807, 2.05) is 88.4 Å². The molecular formula is C32H37NO5. The van der Waals surface area contributed by atoms with Crippen molar-refractivity contribution in [3.63, 3.8) is 0 Å². The number of rotatable bonds is 6. The first-order valence-electron chi connectivity index (χ1n) is 13.1. The Morgan fingerprint density at radius 2 is 1.55 bits per heavy atom. The first-order chi connectivity index (χ1) is 18.1. The summed E-state index contributed by atoms with van der Waals surface area (Å²) in [4.78, 5) is 27.0. The average Bonchev–Trinajstić information content (AvgIpc) is 2.91.